The molecular weight excluding hydrogens is 354 g/mol. The second-order valence-electron chi connectivity index (χ2n) is 6.78. The molecule has 7 heteroatoms. The lowest BCUT2D eigenvalue weighted by Gasteiger charge is -2.17. The minimum Gasteiger partial charge on any atom is -0.370 e. The van der Waals surface area contributed by atoms with E-state index in [1.807, 2.05) is 30.3 Å². The largest absolute Gasteiger partial charge is 0.370 e. The average molecular weight is 388 g/mol. The van der Waals surface area contributed by atoms with E-state index in [-0.39, 0.29) is 12.3 Å². The predicted molar refractivity (Wildman–Crippen MR) is 114 cm³/mol. The zero-order valence-electron chi connectivity index (χ0n) is 16.8. The molecule has 0 spiro atoms. The molecule has 0 saturated carbocycles. The number of hydrazone groups is 1. The fourth-order valence-corrected chi connectivity index (χ4v) is 2.80. The Morgan fingerprint density at radius 3 is 2.50 bits per heavy atom. The van der Waals surface area contributed by atoms with E-state index >= 15 is 0 Å². The van der Waals surface area contributed by atoms with Crippen LogP contribution in [0.5, 0.6) is 0 Å². The van der Waals surface area contributed by atoms with Crippen molar-refractivity contribution in [3.63, 3.8) is 0 Å². The molecule has 1 aromatic carbocycles. The van der Waals surface area contributed by atoms with Crippen LogP contribution in [-0.4, -0.2) is 36.3 Å². The van der Waals surface area contributed by atoms with Gasteiger partial charge in [-0.15, -0.1) is 0 Å². The predicted octanol–water partition coefficient (Wildman–Crippen LogP) is 2.34. The fraction of sp³-hybridized carbons (Fsp3) is 0.524. The van der Waals surface area contributed by atoms with Crippen LogP contribution in [0.15, 0.2) is 40.4 Å². The first-order chi connectivity index (χ1) is 13.6. The van der Waals surface area contributed by atoms with Gasteiger partial charge in [0.05, 0.1) is 12.5 Å². The lowest BCUT2D eigenvalue weighted by atomic mass is 10.1. The van der Waals surface area contributed by atoms with Crippen LogP contribution >= 0.6 is 0 Å². The number of carbonyl (C=O) groups is 2. The van der Waals surface area contributed by atoms with Crippen LogP contribution in [0.2, 0.25) is 0 Å². The molecule has 1 atom stereocenters. The normalized spacial score (nSPS) is 12.8. The van der Waals surface area contributed by atoms with E-state index in [2.05, 4.69) is 22.3 Å². The summed E-state index contributed by atoms with van der Waals surface area (Å²) in [5.74, 6) is 4.79. The molecule has 1 aromatic rings. The van der Waals surface area contributed by atoms with Crippen molar-refractivity contribution in [2.75, 3.05) is 6.54 Å². The highest BCUT2D eigenvalue weighted by molar-refractivity contribution is 6.33. The van der Waals surface area contributed by atoms with Gasteiger partial charge >= 0.3 is 0 Å². The van der Waals surface area contributed by atoms with E-state index in [1.54, 1.807) is 0 Å². The Morgan fingerprint density at radius 1 is 1.14 bits per heavy atom. The molecule has 0 saturated heterocycles. The maximum atomic E-state index is 12.2. The molecule has 0 heterocycles. The van der Waals surface area contributed by atoms with Crippen molar-refractivity contribution in [1.29, 1.82) is 0 Å². The highest BCUT2D eigenvalue weighted by Gasteiger charge is 2.19. The minimum atomic E-state index is -0.661. The molecule has 154 valence electrons. The van der Waals surface area contributed by atoms with Gasteiger partial charge in [-0.1, -0.05) is 62.9 Å². The van der Waals surface area contributed by atoms with Crippen LogP contribution in [0.3, 0.4) is 0 Å². The number of amides is 2. The van der Waals surface area contributed by atoms with Crippen molar-refractivity contribution in [2.45, 2.75) is 64.3 Å². The third-order valence-electron chi connectivity index (χ3n) is 4.35. The van der Waals surface area contributed by atoms with Crippen LogP contribution < -0.4 is 16.9 Å². The van der Waals surface area contributed by atoms with E-state index in [0.29, 0.717) is 18.7 Å². The van der Waals surface area contributed by atoms with E-state index in [4.69, 9.17) is 11.6 Å². The minimum absolute atomic E-state index is 0.0671. The van der Waals surface area contributed by atoms with Crippen LogP contribution in [0.1, 0.15) is 57.4 Å². The van der Waals surface area contributed by atoms with Crippen LogP contribution in [0, 0.1) is 0 Å². The fourth-order valence-electron chi connectivity index (χ4n) is 2.80. The summed E-state index contributed by atoms with van der Waals surface area (Å²) in [4.78, 5) is 27.9. The molecule has 0 aliphatic rings. The van der Waals surface area contributed by atoms with E-state index in [9.17, 15) is 9.59 Å². The molecule has 0 aromatic heterocycles. The van der Waals surface area contributed by atoms with E-state index in [1.165, 1.54) is 18.2 Å². The summed E-state index contributed by atoms with van der Waals surface area (Å²) in [7, 11) is 0. The molecule has 5 N–H and O–H groups in total. The number of hydrogen-bond donors (Lipinski definition) is 3. The van der Waals surface area contributed by atoms with Crippen molar-refractivity contribution in [3.05, 3.63) is 35.9 Å². The second-order valence-corrected chi connectivity index (χ2v) is 6.78. The first-order valence-corrected chi connectivity index (χ1v) is 9.96. The highest BCUT2D eigenvalue weighted by atomic mass is 16.2. The molecular formula is C21H33N5O2. The number of primary amides is 1. The summed E-state index contributed by atoms with van der Waals surface area (Å²) in [6.07, 6.45) is 7.91. The third kappa shape index (κ3) is 10.4. The van der Waals surface area contributed by atoms with Gasteiger partial charge in [0.15, 0.2) is 0 Å². The number of hydrogen-bond acceptors (Lipinski definition) is 5. The van der Waals surface area contributed by atoms with Crippen molar-refractivity contribution in [1.82, 2.24) is 5.32 Å². The van der Waals surface area contributed by atoms with Crippen LogP contribution in [0.4, 0.5) is 0 Å². The molecule has 0 unspecified atom stereocenters. The van der Waals surface area contributed by atoms with Gasteiger partial charge in [0.25, 0.3) is 0 Å². The standard InChI is InChI=1S/C21H33N5O2/c1-2-3-4-5-9-12-21(28)25-18(15-20(22)27)19(26-23)16-24-14-13-17-10-7-6-8-11-17/h6-8,10-11,16,18H,2-5,9,12-15,23H2,1H3,(H2,22,27)(H,25,28)/t18-/m1/s1. The van der Waals surface area contributed by atoms with E-state index in [0.717, 1.165) is 32.1 Å². The Bertz CT molecular complexity index is 643. The van der Waals surface area contributed by atoms with Gasteiger partial charge in [-0.2, -0.15) is 5.10 Å². The van der Waals surface area contributed by atoms with Crippen molar-refractivity contribution in [2.24, 2.45) is 21.7 Å². The number of nitrogens with one attached hydrogen (secondary N) is 1. The zero-order chi connectivity index (χ0) is 20.6. The average Bonchev–Trinajstić information content (AvgIpc) is 2.68. The summed E-state index contributed by atoms with van der Waals surface area (Å²) in [5.41, 5.74) is 6.83. The molecule has 0 fully saturated rings. The van der Waals surface area contributed by atoms with Gasteiger partial charge in [-0.3, -0.25) is 14.6 Å². The smallest absolute Gasteiger partial charge is 0.220 e. The number of carbonyl (C=O) groups excluding carboxylic acids is 2. The topological polar surface area (TPSA) is 123 Å². The lowest BCUT2D eigenvalue weighted by molar-refractivity contribution is -0.122. The van der Waals surface area contributed by atoms with Crippen molar-refractivity contribution >= 4 is 23.7 Å². The summed E-state index contributed by atoms with van der Waals surface area (Å²) in [6.45, 7) is 2.70. The molecule has 0 bridgehead atoms. The summed E-state index contributed by atoms with van der Waals surface area (Å²) in [6, 6.07) is 9.33. The first kappa shape index (κ1) is 23.3. The van der Waals surface area contributed by atoms with Crippen LogP contribution in [0.25, 0.3) is 0 Å². The molecule has 1 rings (SSSR count). The molecule has 0 aliphatic heterocycles. The number of rotatable bonds is 14. The number of nitrogens with zero attached hydrogens (tertiary/aromatic N) is 2. The lowest BCUT2D eigenvalue weighted by Crippen LogP contribution is -2.44. The summed E-state index contributed by atoms with van der Waals surface area (Å²) >= 11 is 0. The Kier molecular flexibility index (Phi) is 12.0. The Labute approximate surface area is 167 Å². The van der Waals surface area contributed by atoms with Crippen molar-refractivity contribution in [3.8, 4) is 0 Å². The summed E-state index contributed by atoms with van der Waals surface area (Å²) < 4.78 is 0. The quantitative estimate of drug-likeness (QED) is 0.196. The zero-order valence-corrected chi connectivity index (χ0v) is 16.8. The highest BCUT2D eigenvalue weighted by Crippen LogP contribution is 2.06. The molecule has 0 aliphatic carbocycles. The Morgan fingerprint density at radius 2 is 1.86 bits per heavy atom. The van der Waals surface area contributed by atoms with Gasteiger partial charge in [0, 0.05) is 19.2 Å². The number of unbranched alkanes of at least 4 members (excludes halogenated alkanes) is 4. The number of aliphatic imine (C=N–C) groups is 1. The second kappa shape index (κ2) is 14.4. The van der Waals surface area contributed by atoms with E-state index < -0.39 is 11.9 Å². The summed E-state index contributed by atoms with van der Waals surface area (Å²) in [5, 5.41) is 6.51. The molecule has 28 heavy (non-hydrogen) atoms. The first-order valence-electron chi connectivity index (χ1n) is 9.96. The monoisotopic (exact) mass is 387 g/mol. The third-order valence-corrected chi connectivity index (χ3v) is 4.35. The Hall–Kier alpha value is -2.70. The van der Waals surface area contributed by atoms with Crippen molar-refractivity contribution < 1.29 is 9.59 Å². The van der Waals surface area contributed by atoms with Gasteiger partial charge < -0.3 is 16.9 Å². The SMILES string of the molecule is CCCCCCCC(=O)N[C@H](CC(N)=O)C(C=NCCc1ccccc1)=NN. The molecule has 7 nitrogen and oxygen atoms in total. The maximum absolute atomic E-state index is 12.2. The molecule has 2 amide bonds. The van der Waals surface area contributed by atoms with Gasteiger partial charge in [-0.05, 0) is 18.4 Å². The molecule has 0 radical (unpaired) electrons. The van der Waals surface area contributed by atoms with Gasteiger partial charge in [0.1, 0.15) is 5.71 Å². The van der Waals surface area contributed by atoms with Crippen LogP contribution in [-0.2, 0) is 16.0 Å². The van der Waals surface area contributed by atoms with Gasteiger partial charge in [-0.25, -0.2) is 0 Å². The maximum Gasteiger partial charge on any atom is 0.220 e. The number of nitrogens with two attached hydrogens (primary N) is 2. The Balaban J connectivity index is 2.55. The van der Waals surface area contributed by atoms with Gasteiger partial charge in [0.2, 0.25) is 11.8 Å². The number of benzene rings is 1.